The maximum Gasteiger partial charge on any atom is 0.194 e. The first-order valence-corrected chi connectivity index (χ1v) is 6.40. The quantitative estimate of drug-likeness (QED) is 0.679. The molecule has 4 heteroatoms. The Labute approximate surface area is 106 Å². The molecule has 1 aromatic carbocycles. The highest BCUT2D eigenvalue weighted by molar-refractivity contribution is 9.10. The van der Waals surface area contributed by atoms with Crippen molar-refractivity contribution >= 4 is 38.7 Å². The van der Waals surface area contributed by atoms with Crippen LogP contribution in [0.2, 0.25) is 0 Å². The Bertz CT molecular complexity index is 548. The van der Waals surface area contributed by atoms with E-state index in [2.05, 4.69) is 15.9 Å². The van der Waals surface area contributed by atoms with Gasteiger partial charge in [0.25, 0.3) is 0 Å². The van der Waals surface area contributed by atoms with E-state index < -0.39 is 0 Å². The Kier molecular flexibility index (Phi) is 3.12. The number of carbonyl (C=O) groups is 1. The van der Waals surface area contributed by atoms with Crippen molar-refractivity contribution in [2.45, 2.75) is 6.92 Å². The number of aryl methyl sites for hydroxylation is 1. The number of nitrogen functional groups attached to an aromatic ring is 1. The Hall–Kier alpha value is -1.13. The summed E-state index contributed by atoms with van der Waals surface area (Å²) in [5, 5.41) is 1.93. The van der Waals surface area contributed by atoms with Crippen LogP contribution < -0.4 is 5.73 Å². The molecule has 0 unspecified atom stereocenters. The predicted molar refractivity (Wildman–Crippen MR) is 71.0 cm³/mol. The van der Waals surface area contributed by atoms with Crippen molar-refractivity contribution in [3.63, 3.8) is 0 Å². The van der Waals surface area contributed by atoms with E-state index in [4.69, 9.17) is 5.73 Å². The molecular formula is C12H10BrNOS. The number of hydrogen-bond acceptors (Lipinski definition) is 3. The summed E-state index contributed by atoms with van der Waals surface area (Å²) in [5.74, 6) is 0.0412. The lowest BCUT2D eigenvalue weighted by Gasteiger charge is -2.03. The molecule has 82 valence electrons. The van der Waals surface area contributed by atoms with Crippen molar-refractivity contribution in [2.24, 2.45) is 0 Å². The zero-order valence-electron chi connectivity index (χ0n) is 8.66. The fourth-order valence-electron chi connectivity index (χ4n) is 1.44. The number of anilines is 1. The van der Waals surface area contributed by atoms with Gasteiger partial charge < -0.3 is 5.73 Å². The summed E-state index contributed by atoms with van der Waals surface area (Å²) in [6.45, 7) is 1.95. The number of carbonyl (C=O) groups excluding carboxylic acids is 1. The summed E-state index contributed by atoms with van der Waals surface area (Å²) in [4.78, 5) is 13.2. The van der Waals surface area contributed by atoms with E-state index in [9.17, 15) is 4.79 Å². The van der Waals surface area contributed by atoms with Crippen LogP contribution >= 0.6 is 27.3 Å². The van der Waals surface area contributed by atoms with Crippen LogP contribution in [-0.4, -0.2) is 5.78 Å². The minimum Gasteiger partial charge on any atom is -0.398 e. The molecular weight excluding hydrogens is 286 g/mol. The van der Waals surface area contributed by atoms with E-state index in [0.29, 0.717) is 11.3 Å². The summed E-state index contributed by atoms with van der Waals surface area (Å²) < 4.78 is 0.756. The summed E-state index contributed by atoms with van der Waals surface area (Å²) in [6, 6.07) is 7.10. The van der Waals surface area contributed by atoms with Gasteiger partial charge in [-0.05, 0) is 52.5 Å². The smallest absolute Gasteiger partial charge is 0.194 e. The topological polar surface area (TPSA) is 43.1 Å². The zero-order valence-corrected chi connectivity index (χ0v) is 11.1. The number of benzene rings is 1. The molecule has 0 aliphatic heterocycles. The fraction of sp³-hybridized carbons (Fsp3) is 0.0833. The van der Waals surface area contributed by atoms with Crippen molar-refractivity contribution < 1.29 is 4.79 Å². The van der Waals surface area contributed by atoms with Crippen LogP contribution in [0, 0.1) is 6.92 Å². The van der Waals surface area contributed by atoms with Crippen molar-refractivity contribution in [1.29, 1.82) is 0 Å². The molecule has 2 rings (SSSR count). The van der Waals surface area contributed by atoms with Gasteiger partial charge in [0.05, 0.1) is 0 Å². The molecule has 2 aromatic rings. The van der Waals surface area contributed by atoms with E-state index in [1.54, 1.807) is 29.5 Å². The second-order valence-corrected chi connectivity index (χ2v) is 5.43. The lowest BCUT2D eigenvalue weighted by Crippen LogP contribution is -2.02. The van der Waals surface area contributed by atoms with Gasteiger partial charge in [-0.15, -0.1) is 11.3 Å². The molecule has 0 amide bonds. The van der Waals surface area contributed by atoms with E-state index in [0.717, 1.165) is 14.9 Å². The van der Waals surface area contributed by atoms with Gasteiger partial charge in [0.15, 0.2) is 5.78 Å². The van der Waals surface area contributed by atoms with Crippen molar-refractivity contribution in [1.82, 2.24) is 0 Å². The first kappa shape index (κ1) is 11.4. The lowest BCUT2D eigenvalue weighted by molar-refractivity contribution is 0.103. The summed E-state index contributed by atoms with van der Waals surface area (Å²) in [5.41, 5.74) is 7.74. The van der Waals surface area contributed by atoms with E-state index in [1.165, 1.54) is 0 Å². The van der Waals surface area contributed by atoms with Crippen LogP contribution in [0.5, 0.6) is 0 Å². The van der Waals surface area contributed by atoms with Crippen LogP contribution in [0.3, 0.4) is 0 Å². The van der Waals surface area contributed by atoms with Gasteiger partial charge in [-0.2, -0.15) is 0 Å². The average Bonchev–Trinajstić information content (AvgIpc) is 2.67. The molecule has 0 aliphatic rings. The third kappa shape index (κ3) is 2.03. The normalized spacial score (nSPS) is 10.4. The third-order valence-corrected chi connectivity index (χ3v) is 3.90. The van der Waals surface area contributed by atoms with Crippen LogP contribution in [0.15, 0.2) is 34.1 Å². The summed E-state index contributed by atoms with van der Waals surface area (Å²) in [6.07, 6.45) is 0. The molecule has 1 heterocycles. The second-order valence-electron chi connectivity index (χ2n) is 3.46. The Morgan fingerprint density at radius 3 is 2.69 bits per heavy atom. The Balaban J connectivity index is 2.42. The number of halogens is 1. The Morgan fingerprint density at radius 1 is 1.38 bits per heavy atom. The molecule has 16 heavy (non-hydrogen) atoms. The molecule has 0 atom stereocenters. The SMILES string of the molecule is Cc1sccc1C(=O)c1ccc(N)c(Br)c1. The molecule has 0 aliphatic carbocycles. The number of thiophene rings is 1. The lowest BCUT2D eigenvalue weighted by atomic mass is 10.0. The molecule has 0 bridgehead atoms. The molecule has 0 fully saturated rings. The van der Waals surface area contributed by atoms with Gasteiger partial charge in [-0.1, -0.05) is 0 Å². The van der Waals surface area contributed by atoms with Crippen LogP contribution in [0.25, 0.3) is 0 Å². The maximum absolute atomic E-state index is 12.1. The van der Waals surface area contributed by atoms with Gasteiger partial charge in [0, 0.05) is 26.2 Å². The second kappa shape index (κ2) is 4.39. The van der Waals surface area contributed by atoms with E-state index >= 15 is 0 Å². The fourth-order valence-corrected chi connectivity index (χ4v) is 2.52. The largest absolute Gasteiger partial charge is 0.398 e. The van der Waals surface area contributed by atoms with E-state index in [-0.39, 0.29) is 5.78 Å². The van der Waals surface area contributed by atoms with Gasteiger partial charge in [0.2, 0.25) is 0 Å². The number of hydrogen-bond donors (Lipinski definition) is 1. The van der Waals surface area contributed by atoms with Crippen LogP contribution in [-0.2, 0) is 0 Å². The number of ketones is 1. The highest BCUT2D eigenvalue weighted by atomic mass is 79.9. The van der Waals surface area contributed by atoms with Gasteiger partial charge in [0.1, 0.15) is 0 Å². The summed E-state index contributed by atoms with van der Waals surface area (Å²) >= 11 is 4.90. The van der Waals surface area contributed by atoms with Crippen molar-refractivity contribution in [2.75, 3.05) is 5.73 Å². The Morgan fingerprint density at radius 2 is 2.12 bits per heavy atom. The first-order chi connectivity index (χ1) is 7.59. The predicted octanol–water partition coefficient (Wildman–Crippen LogP) is 3.63. The molecule has 0 saturated heterocycles. The monoisotopic (exact) mass is 295 g/mol. The molecule has 0 saturated carbocycles. The molecule has 2 N–H and O–H groups in total. The minimum absolute atomic E-state index is 0.0412. The third-order valence-electron chi connectivity index (χ3n) is 2.37. The standard InChI is InChI=1S/C12H10BrNOS/c1-7-9(4-5-16-7)12(15)8-2-3-11(14)10(13)6-8/h2-6H,14H2,1H3. The highest BCUT2D eigenvalue weighted by Crippen LogP contribution is 2.24. The van der Waals surface area contributed by atoms with Crippen LogP contribution in [0.4, 0.5) is 5.69 Å². The highest BCUT2D eigenvalue weighted by Gasteiger charge is 2.13. The van der Waals surface area contributed by atoms with Crippen molar-refractivity contribution in [3.8, 4) is 0 Å². The van der Waals surface area contributed by atoms with Crippen LogP contribution in [0.1, 0.15) is 20.8 Å². The molecule has 0 spiro atoms. The van der Waals surface area contributed by atoms with E-state index in [1.807, 2.05) is 18.4 Å². The maximum atomic E-state index is 12.1. The molecule has 1 aromatic heterocycles. The number of nitrogens with two attached hydrogens (primary N) is 1. The van der Waals surface area contributed by atoms with Gasteiger partial charge in [-0.25, -0.2) is 0 Å². The first-order valence-electron chi connectivity index (χ1n) is 4.73. The number of rotatable bonds is 2. The van der Waals surface area contributed by atoms with Gasteiger partial charge in [-0.3, -0.25) is 4.79 Å². The zero-order chi connectivity index (χ0) is 11.7. The molecule has 0 radical (unpaired) electrons. The minimum atomic E-state index is 0.0412. The summed E-state index contributed by atoms with van der Waals surface area (Å²) in [7, 11) is 0. The average molecular weight is 296 g/mol. The van der Waals surface area contributed by atoms with Crippen molar-refractivity contribution in [3.05, 3.63) is 50.1 Å². The molecule has 2 nitrogen and oxygen atoms in total. The van der Waals surface area contributed by atoms with Gasteiger partial charge >= 0.3 is 0 Å².